The van der Waals surface area contributed by atoms with Gasteiger partial charge in [0.25, 0.3) is 0 Å². The molecular weight excluding hydrogens is 422 g/mol. The molecule has 0 aliphatic carbocycles. The summed E-state index contributed by atoms with van der Waals surface area (Å²) in [5, 5.41) is 7.64. The zero-order valence-corrected chi connectivity index (χ0v) is 19.6. The quantitative estimate of drug-likeness (QED) is 0.438. The van der Waals surface area contributed by atoms with Crippen LogP contribution in [0.15, 0.2) is 71.6 Å². The monoisotopic (exact) mass is 453 g/mol. The average molecular weight is 454 g/mol. The molecule has 0 aliphatic rings. The van der Waals surface area contributed by atoms with Crippen molar-refractivity contribution in [1.29, 1.82) is 0 Å². The standard InChI is InChI=1S/C25H31N3O3S/c1-18(2)26-16-15-23(25(29)27-17-20-9-5-4-6-10-20)28-32(30,31)24-14-13-19(3)21-11-7-8-12-22(21)24/h4-14,18,23,26,28H,15-17H2,1-3H3,(H,27,29)/t23-/m0/s1. The van der Waals surface area contributed by atoms with E-state index < -0.39 is 16.1 Å². The second-order valence-corrected chi connectivity index (χ2v) is 9.88. The predicted octanol–water partition coefficient (Wildman–Crippen LogP) is 3.50. The summed E-state index contributed by atoms with van der Waals surface area (Å²) in [4.78, 5) is 13.1. The molecular formula is C25H31N3O3S. The highest BCUT2D eigenvalue weighted by atomic mass is 32.2. The fraction of sp³-hybridized carbons (Fsp3) is 0.320. The highest BCUT2D eigenvalue weighted by molar-refractivity contribution is 7.89. The number of aryl methyl sites for hydroxylation is 1. The molecule has 0 aliphatic heterocycles. The molecule has 7 heteroatoms. The lowest BCUT2D eigenvalue weighted by Gasteiger charge is -2.20. The van der Waals surface area contributed by atoms with Gasteiger partial charge in [-0.15, -0.1) is 0 Å². The number of benzene rings is 3. The van der Waals surface area contributed by atoms with Gasteiger partial charge in [-0.05, 0) is 42.5 Å². The summed E-state index contributed by atoms with van der Waals surface area (Å²) < 4.78 is 29.3. The lowest BCUT2D eigenvalue weighted by Crippen LogP contribution is -2.48. The maximum absolute atomic E-state index is 13.3. The van der Waals surface area contributed by atoms with Crippen molar-refractivity contribution in [3.8, 4) is 0 Å². The van der Waals surface area contributed by atoms with Crippen LogP contribution in [0, 0.1) is 6.92 Å². The number of carbonyl (C=O) groups excluding carboxylic acids is 1. The molecule has 0 saturated heterocycles. The van der Waals surface area contributed by atoms with Gasteiger partial charge in [0.2, 0.25) is 15.9 Å². The third-order valence-electron chi connectivity index (χ3n) is 5.30. The first-order valence-electron chi connectivity index (χ1n) is 10.8. The number of amides is 1. The lowest BCUT2D eigenvalue weighted by atomic mass is 10.1. The molecule has 3 N–H and O–H groups in total. The van der Waals surface area contributed by atoms with Crippen molar-refractivity contribution in [1.82, 2.24) is 15.4 Å². The van der Waals surface area contributed by atoms with Crippen LogP contribution in [0.1, 0.15) is 31.4 Å². The van der Waals surface area contributed by atoms with Gasteiger partial charge in [0.15, 0.2) is 0 Å². The first-order chi connectivity index (χ1) is 15.3. The molecule has 3 aromatic rings. The van der Waals surface area contributed by atoms with Gasteiger partial charge in [-0.25, -0.2) is 8.42 Å². The zero-order valence-electron chi connectivity index (χ0n) is 18.8. The summed E-state index contributed by atoms with van der Waals surface area (Å²) in [5.74, 6) is -0.348. The van der Waals surface area contributed by atoms with E-state index in [9.17, 15) is 13.2 Å². The first-order valence-corrected chi connectivity index (χ1v) is 12.3. The van der Waals surface area contributed by atoms with E-state index in [0.717, 1.165) is 16.5 Å². The maximum Gasteiger partial charge on any atom is 0.241 e. The number of nitrogens with one attached hydrogen (secondary N) is 3. The third-order valence-corrected chi connectivity index (χ3v) is 6.83. The van der Waals surface area contributed by atoms with Gasteiger partial charge in [0.05, 0.1) is 4.90 Å². The van der Waals surface area contributed by atoms with E-state index in [2.05, 4.69) is 15.4 Å². The second-order valence-electron chi connectivity index (χ2n) is 8.20. The highest BCUT2D eigenvalue weighted by Gasteiger charge is 2.27. The van der Waals surface area contributed by atoms with E-state index in [1.807, 2.05) is 69.3 Å². The number of hydrogen-bond acceptors (Lipinski definition) is 4. The molecule has 3 rings (SSSR count). The molecule has 3 aromatic carbocycles. The van der Waals surface area contributed by atoms with Crippen molar-refractivity contribution in [3.05, 3.63) is 77.9 Å². The Balaban J connectivity index is 1.83. The summed E-state index contributed by atoms with van der Waals surface area (Å²) >= 11 is 0. The molecule has 0 unspecified atom stereocenters. The Labute approximate surface area is 190 Å². The summed E-state index contributed by atoms with van der Waals surface area (Å²) in [6.45, 7) is 6.81. The van der Waals surface area contributed by atoms with Gasteiger partial charge in [0, 0.05) is 18.0 Å². The summed E-state index contributed by atoms with van der Waals surface area (Å²) in [6.07, 6.45) is 0.335. The first kappa shape index (κ1) is 23.9. The molecule has 0 heterocycles. The molecule has 0 aromatic heterocycles. The topological polar surface area (TPSA) is 87.3 Å². The summed E-state index contributed by atoms with van der Waals surface area (Å²) in [6, 6.07) is 19.7. The molecule has 0 fully saturated rings. The van der Waals surface area contributed by atoms with Crippen molar-refractivity contribution < 1.29 is 13.2 Å². The van der Waals surface area contributed by atoms with E-state index in [0.29, 0.717) is 24.9 Å². The van der Waals surface area contributed by atoms with Crippen LogP contribution in [0.4, 0.5) is 0 Å². The van der Waals surface area contributed by atoms with Gasteiger partial charge in [0.1, 0.15) is 6.04 Å². The van der Waals surface area contributed by atoms with Crippen LogP contribution >= 0.6 is 0 Å². The number of hydrogen-bond donors (Lipinski definition) is 3. The van der Waals surface area contributed by atoms with Crippen LogP contribution in [-0.2, 0) is 21.4 Å². The predicted molar refractivity (Wildman–Crippen MR) is 129 cm³/mol. The van der Waals surface area contributed by atoms with Crippen LogP contribution in [0.5, 0.6) is 0 Å². The number of fused-ring (bicyclic) bond motifs is 1. The summed E-state index contributed by atoms with van der Waals surface area (Å²) in [5.41, 5.74) is 1.95. The van der Waals surface area contributed by atoms with Crippen molar-refractivity contribution in [2.75, 3.05) is 6.54 Å². The van der Waals surface area contributed by atoms with E-state index in [-0.39, 0.29) is 16.8 Å². The smallest absolute Gasteiger partial charge is 0.241 e. The Kier molecular flexibility index (Phi) is 8.01. The van der Waals surface area contributed by atoms with Crippen molar-refractivity contribution in [2.45, 2.75) is 50.7 Å². The highest BCUT2D eigenvalue weighted by Crippen LogP contribution is 2.26. The Bertz CT molecular complexity index is 1160. The van der Waals surface area contributed by atoms with Crippen LogP contribution in [0.25, 0.3) is 10.8 Å². The van der Waals surface area contributed by atoms with Crippen molar-refractivity contribution in [2.24, 2.45) is 0 Å². The molecule has 32 heavy (non-hydrogen) atoms. The third kappa shape index (κ3) is 6.16. The number of carbonyl (C=O) groups is 1. The zero-order chi connectivity index (χ0) is 23.1. The fourth-order valence-electron chi connectivity index (χ4n) is 3.58. The van der Waals surface area contributed by atoms with Crippen LogP contribution < -0.4 is 15.4 Å². The normalized spacial score (nSPS) is 12.8. The van der Waals surface area contributed by atoms with Gasteiger partial charge >= 0.3 is 0 Å². The van der Waals surface area contributed by atoms with Gasteiger partial charge in [-0.2, -0.15) is 4.72 Å². The van der Waals surface area contributed by atoms with Crippen LogP contribution in [0.2, 0.25) is 0 Å². The van der Waals surface area contributed by atoms with E-state index in [1.54, 1.807) is 18.2 Å². The molecule has 1 atom stereocenters. The van der Waals surface area contributed by atoms with Gasteiger partial charge < -0.3 is 10.6 Å². The summed E-state index contributed by atoms with van der Waals surface area (Å²) in [7, 11) is -3.92. The van der Waals surface area contributed by atoms with Crippen molar-refractivity contribution in [3.63, 3.8) is 0 Å². The molecule has 170 valence electrons. The second kappa shape index (κ2) is 10.7. The molecule has 0 spiro atoms. The van der Waals surface area contributed by atoms with Gasteiger partial charge in [-0.3, -0.25) is 4.79 Å². The van der Waals surface area contributed by atoms with Crippen molar-refractivity contribution >= 4 is 26.7 Å². The molecule has 0 bridgehead atoms. The lowest BCUT2D eigenvalue weighted by molar-refractivity contribution is -0.123. The van der Waals surface area contributed by atoms with Crippen LogP contribution in [-0.4, -0.2) is 33.0 Å². The van der Waals surface area contributed by atoms with Gasteiger partial charge in [-0.1, -0.05) is 74.5 Å². The minimum absolute atomic E-state index is 0.177. The molecule has 1 amide bonds. The van der Waals surface area contributed by atoms with E-state index in [4.69, 9.17) is 0 Å². The minimum Gasteiger partial charge on any atom is -0.351 e. The Morgan fingerprint density at radius 1 is 0.906 bits per heavy atom. The Hall–Kier alpha value is -2.74. The molecule has 0 saturated carbocycles. The Morgan fingerprint density at radius 2 is 1.56 bits per heavy atom. The number of rotatable bonds is 10. The largest absolute Gasteiger partial charge is 0.351 e. The number of sulfonamides is 1. The molecule has 0 radical (unpaired) electrons. The Morgan fingerprint density at radius 3 is 2.25 bits per heavy atom. The maximum atomic E-state index is 13.3. The SMILES string of the molecule is Cc1ccc(S(=O)(=O)N[C@@H](CCNC(C)C)C(=O)NCc2ccccc2)c2ccccc12. The molecule has 6 nitrogen and oxygen atoms in total. The van der Waals surface area contributed by atoms with E-state index in [1.165, 1.54) is 0 Å². The van der Waals surface area contributed by atoms with E-state index >= 15 is 0 Å². The minimum atomic E-state index is -3.92. The van der Waals surface area contributed by atoms with Crippen LogP contribution in [0.3, 0.4) is 0 Å². The fourth-order valence-corrected chi connectivity index (χ4v) is 5.02. The average Bonchev–Trinajstić information content (AvgIpc) is 2.77.